The van der Waals surface area contributed by atoms with Gasteiger partial charge in [-0.05, 0) is 19.8 Å². The Labute approximate surface area is 137 Å². The van der Waals surface area contributed by atoms with Crippen molar-refractivity contribution in [1.82, 2.24) is 15.6 Å². The number of aromatic nitrogens is 1. The van der Waals surface area contributed by atoms with Gasteiger partial charge in [-0.25, -0.2) is 9.78 Å². The molecule has 2 fully saturated rings. The number of anilines is 1. The van der Waals surface area contributed by atoms with Crippen LogP contribution in [0, 0.1) is 6.92 Å². The third-order valence-corrected chi connectivity index (χ3v) is 6.29. The third kappa shape index (κ3) is 3.73. The van der Waals surface area contributed by atoms with Crippen LogP contribution in [0.5, 0.6) is 0 Å². The van der Waals surface area contributed by atoms with Crippen LogP contribution in [0.2, 0.25) is 0 Å². The number of fused-ring (bicyclic) bond motifs is 1. The van der Waals surface area contributed by atoms with Crippen LogP contribution in [0.15, 0.2) is 6.20 Å². The van der Waals surface area contributed by atoms with Crippen molar-refractivity contribution < 1.29 is 9.59 Å². The average molecular weight is 340 g/mol. The van der Waals surface area contributed by atoms with E-state index in [-0.39, 0.29) is 24.0 Å². The van der Waals surface area contributed by atoms with Gasteiger partial charge in [0.05, 0.1) is 12.1 Å². The molecule has 8 heteroatoms. The van der Waals surface area contributed by atoms with Gasteiger partial charge in [0.25, 0.3) is 0 Å². The molecule has 0 spiro atoms. The molecule has 0 saturated carbocycles. The largest absolute Gasteiger partial charge is 0.332 e. The van der Waals surface area contributed by atoms with E-state index in [1.54, 1.807) is 6.20 Å². The van der Waals surface area contributed by atoms with E-state index in [2.05, 4.69) is 20.9 Å². The van der Waals surface area contributed by atoms with Crippen LogP contribution in [-0.2, 0) is 4.79 Å². The quantitative estimate of drug-likeness (QED) is 0.547. The molecule has 3 amide bonds. The highest BCUT2D eigenvalue weighted by Crippen LogP contribution is 2.33. The van der Waals surface area contributed by atoms with E-state index in [1.807, 2.05) is 18.7 Å². The first-order valence-corrected chi connectivity index (χ1v) is 9.39. The number of hydrogen-bond donors (Lipinski definition) is 3. The van der Waals surface area contributed by atoms with Crippen LogP contribution in [0.4, 0.5) is 9.93 Å². The lowest BCUT2D eigenvalue weighted by atomic mass is 10.0. The second-order valence-corrected chi connectivity index (χ2v) is 8.20. The number of carbonyl (C=O) groups excluding carboxylic acids is 2. The maximum absolute atomic E-state index is 11.8. The number of rotatable bonds is 6. The SMILES string of the molecule is Cc1cnc(NC(=O)CCCCC2SCC3NC(=O)NC32)s1. The highest BCUT2D eigenvalue weighted by Gasteiger charge is 2.42. The minimum atomic E-state index is -0.0431. The van der Waals surface area contributed by atoms with E-state index >= 15 is 0 Å². The molecular formula is C14H20N4O2S2. The summed E-state index contributed by atoms with van der Waals surface area (Å²) in [5.41, 5.74) is 0. The third-order valence-electron chi connectivity index (χ3n) is 3.95. The van der Waals surface area contributed by atoms with Crippen LogP contribution in [0.1, 0.15) is 30.6 Å². The minimum absolute atomic E-state index is 0.0298. The fourth-order valence-electron chi connectivity index (χ4n) is 2.87. The summed E-state index contributed by atoms with van der Waals surface area (Å²) in [4.78, 5) is 28.4. The van der Waals surface area contributed by atoms with E-state index in [0.717, 1.165) is 29.9 Å². The molecule has 22 heavy (non-hydrogen) atoms. The van der Waals surface area contributed by atoms with Crippen molar-refractivity contribution in [3.05, 3.63) is 11.1 Å². The van der Waals surface area contributed by atoms with Gasteiger partial charge in [-0.15, -0.1) is 11.3 Å². The average Bonchev–Trinajstić information content (AvgIpc) is 3.12. The Morgan fingerprint density at radius 1 is 1.45 bits per heavy atom. The topological polar surface area (TPSA) is 83.1 Å². The first-order chi connectivity index (χ1) is 10.6. The summed E-state index contributed by atoms with van der Waals surface area (Å²) in [6.07, 6.45) is 5.19. The van der Waals surface area contributed by atoms with Crippen molar-refractivity contribution in [1.29, 1.82) is 0 Å². The zero-order valence-electron chi connectivity index (χ0n) is 12.4. The van der Waals surface area contributed by atoms with Crippen LogP contribution < -0.4 is 16.0 Å². The molecule has 1 aromatic heterocycles. The fraction of sp³-hybridized carbons (Fsp3) is 0.643. The Bertz CT molecular complexity index is 563. The summed E-state index contributed by atoms with van der Waals surface area (Å²) >= 11 is 3.41. The zero-order chi connectivity index (χ0) is 15.5. The highest BCUT2D eigenvalue weighted by molar-refractivity contribution is 8.00. The first kappa shape index (κ1) is 15.6. The standard InChI is InChI=1S/C14H20N4O2S2/c1-8-6-15-14(22-8)17-11(19)5-3-2-4-10-12-9(7-21-10)16-13(20)18-12/h6,9-10,12H,2-5,7H2,1H3,(H,15,17,19)(H2,16,18,20). The molecule has 2 aliphatic rings. The molecule has 6 nitrogen and oxygen atoms in total. The van der Waals surface area contributed by atoms with Gasteiger partial charge in [0.1, 0.15) is 0 Å². The van der Waals surface area contributed by atoms with Gasteiger partial charge < -0.3 is 16.0 Å². The smallest absolute Gasteiger partial charge is 0.315 e. The maximum atomic E-state index is 11.8. The van der Waals surface area contributed by atoms with Gasteiger partial charge in [0, 0.05) is 28.5 Å². The van der Waals surface area contributed by atoms with Gasteiger partial charge in [-0.1, -0.05) is 6.42 Å². The normalized spacial score (nSPS) is 26.4. The van der Waals surface area contributed by atoms with Crippen molar-refractivity contribution in [2.45, 2.75) is 49.9 Å². The number of amides is 3. The van der Waals surface area contributed by atoms with Crippen LogP contribution in [0.25, 0.3) is 0 Å². The number of thioether (sulfide) groups is 1. The molecule has 2 saturated heterocycles. The summed E-state index contributed by atoms with van der Waals surface area (Å²) in [6, 6.07) is 0.488. The Morgan fingerprint density at radius 3 is 3.09 bits per heavy atom. The molecule has 2 aliphatic heterocycles. The highest BCUT2D eigenvalue weighted by atomic mass is 32.2. The lowest BCUT2D eigenvalue weighted by Gasteiger charge is -2.16. The Hall–Kier alpha value is -1.28. The van der Waals surface area contributed by atoms with Gasteiger partial charge in [-0.3, -0.25) is 4.79 Å². The Kier molecular flexibility index (Phi) is 4.87. The van der Waals surface area contributed by atoms with Crippen molar-refractivity contribution >= 4 is 40.2 Å². The molecule has 0 bridgehead atoms. The number of thiazole rings is 1. The molecule has 0 aliphatic carbocycles. The molecular weight excluding hydrogens is 320 g/mol. The number of carbonyl (C=O) groups is 2. The van der Waals surface area contributed by atoms with E-state index in [9.17, 15) is 9.59 Å². The molecule has 120 valence electrons. The van der Waals surface area contributed by atoms with Gasteiger partial charge >= 0.3 is 6.03 Å². The number of unbranched alkanes of at least 4 members (excludes halogenated alkanes) is 1. The van der Waals surface area contributed by atoms with Crippen molar-refractivity contribution in [3.63, 3.8) is 0 Å². The molecule has 1 aromatic rings. The summed E-state index contributed by atoms with van der Waals surface area (Å²) in [5.74, 6) is 1.01. The molecule has 3 heterocycles. The molecule has 3 unspecified atom stereocenters. The van der Waals surface area contributed by atoms with Crippen LogP contribution >= 0.6 is 23.1 Å². The molecule has 0 radical (unpaired) electrons. The summed E-state index contributed by atoms with van der Waals surface area (Å²) < 4.78 is 0. The predicted molar refractivity (Wildman–Crippen MR) is 89.4 cm³/mol. The monoisotopic (exact) mass is 340 g/mol. The second-order valence-electron chi connectivity index (χ2n) is 5.69. The van der Waals surface area contributed by atoms with Crippen LogP contribution in [-0.4, -0.2) is 40.0 Å². The molecule has 0 aromatic carbocycles. The maximum Gasteiger partial charge on any atom is 0.315 e. The van der Waals surface area contributed by atoms with Crippen molar-refractivity contribution in [3.8, 4) is 0 Å². The number of nitrogens with one attached hydrogen (secondary N) is 3. The second kappa shape index (κ2) is 6.87. The Balaban J connectivity index is 1.34. The van der Waals surface area contributed by atoms with Crippen molar-refractivity contribution in [2.75, 3.05) is 11.1 Å². The number of nitrogens with zero attached hydrogens (tertiary/aromatic N) is 1. The van der Waals surface area contributed by atoms with E-state index in [0.29, 0.717) is 16.8 Å². The zero-order valence-corrected chi connectivity index (χ0v) is 14.1. The number of aryl methyl sites for hydroxylation is 1. The van der Waals surface area contributed by atoms with E-state index < -0.39 is 0 Å². The molecule has 3 N–H and O–H groups in total. The fourth-order valence-corrected chi connectivity index (χ4v) is 5.09. The van der Waals surface area contributed by atoms with Gasteiger partial charge in [-0.2, -0.15) is 11.8 Å². The van der Waals surface area contributed by atoms with Gasteiger partial charge in [0.15, 0.2) is 5.13 Å². The summed E-state index contributed by atoms with van der Waals surface area (Å²) in [5, 5.41) is 9.91. The van der Waals surface area contributed by atoms with E-state index in [1.165, 1.54) is 11.3 Å². The Morgan fingerprint density at radius 2 is 2.32 bits per heavy atom. The lowest BCUT2D eigenvalue weighted by molar-refractivity contribution is -0.116. The van der Waals surface area contributed by atoms with Gasteiger partial charge in [0.2, 0.25) is 5.91 Å². The minimum Gasteiger partial charge on any atom is -0.332 e. The predicted octanol–water partition coefficient (Wildman–Crippen LogP) is 2.12. The summed E-state index contributed by atoms with van der Waals surface area (Å²) in [7, 11) is 0. The number of hydrogen-bond acceptors (Lipinski definition) is 5. The van der Waals surface area contributed by atoms with Crippen molar-refractivity contribution in [2.24, 2.45) is 0 Å². The first-order valence-electron chi connectivity index (χ1n) is 7.53. The lowest BCUT2D eigenvalue weighted by Crippen LogP contribution is -2.36. The van der Waals surface area contributed by atoms with E-state index in [4.69, 9.17) is 0 Å². The summed E-state index contributed by atoms with van der Waals surface area (Å²) in [6.45, 7) is 1.97. The number of urea groups is 1. The molecule has 3 atom stereocenters. The van der Waals surface area contributed by atoms with Crippen LogP contribution in [0.3, 0.4) is 0 Å². The molecule has 3 rings (SSSR count).